The van der Waals surface area contributed by atoms with Gasteiger partial charge in [-0.3, -0.25) is 4.79 Å². The zero-order valence-electron chi connectivity index (χ0n) is 17.1. The van der Waals surface area contributed by atoms with Crippen molar-refractivity contribution in [3.8, 4) is 17.0 Å². The summed E-state index contributed by atoms with van der Waals surface area (Å²) in [6.45, 7) is 7.42. The number of aliphatic hydroxyl groups is 2. The van der Waals surface area contributed by atoms with Gasteiger partial charge in [0.2, 0.25) is 5.88 Å². The van der Waals surface area contributed by atoms with Crippen LogP contribution in [0.1, 0.15) is 32.7 Å². The second kappa shape index (κ2) is 9.24. The van der Waals surface area contributed by atoms with Crippen LogP contribution in [0.15, 0.2) is 61.2 Å². The Labute approximate surface area is 175 Å². The number of hydrogen-bond donors (Lipinski definition) is 2. The van der Waals surface area contributed by atoms with Crippen LogP contribution in [0.4, 0.5) is 4.39 Å². The number of para-hydroxylation sites is 1. The van der Waals surface area contributed by atoms with Gasteiger partial charge in [0, 0.05) is 17.8 Å². The molecule has 0 aliphatic heterocycles. The standard InChI is InChI=1S/C24H26FNO4/c1-4-18(27)13-19(28)14-22(29)30-24-23(16-9-11-17(25)12-10-16)20-7-5-6-8-21(20)26(24)15(2)3/h4-12,15,18-19,27-28H,1,13-14H2,2-3H3/t18-,19-/m0/s1. The summed E-state index contributed by atoms with van der Waals surface area (Å²) in [5.74, 6) is -0.625. The molecule has 6 heteroatoms. The Hall–Kier alpha value is -2.96. The minimum Gasteiger partial charge on any atom is -0.408 e. The molecule has 1 heterocycles. The molecule has 2 N–H and O–H groups in total. The molecule has 0 aliphatic carbocycles. The molecule has 0 saturated heterocycles. The summed E-state index contributed by atoms with van der Waals surface area (Å²) < 4.78 is 21.2. The van der Waals surface area contributed by atoms with E-state index in [9.17, 15) is 19.4 Å². The van der Waals surface area contributed by atoms with Gasteiger partial charge in [0.1, 0.15) is 5.82 Å². The lowest BCUT2D eigenvalue weighted by atomic mass is 10.0. The van der Waals surface area contributed by atoms with Crippen LogP contribution in [-0.2, 0) is 4.79 Å². The summed E-state index contributed by atoms with van der Waals surface area (Å²) in [4.78, 5) is 12.6. The van der Waals surface area contributed by atoms with Crippen molar-refractivity contribution in [1.82, 2.24) is 4.57 Å². The minimum atomic E-state index is -1.06. The molecule has 2 aromatic carbocycles. The van der Waals surface area contributed by atoms with Crippen LogP contribution in [0.25, 0.3) is 22.0 Å². The lowest BCUT2D eigenvalue weighted by molar-refractivity contribution is -0.137. The number of hydrogen-bond acceptors (Lipinski definition) is 4. The average Bonchev–Trinajstić information content (AvgIpc) is 3.02. The van der Waals surface area contributed by atoms with E-state index >= 15 is 0 Å². The maximum atomic E-state index is 13.5. The largest absolute Gasteiger partial charge is 0.408 e. The first-order valence-electron chi connectivity index (χ1n) is 9.90. The number of aromatic nitrogens is 1. The fraction of sp³-hybridized carbons (Fsp3) is 0.292. The van der Waals surface area contributed by atoms with Crippen LogP contribution in [0.5, 0.6) is 5.88 Å². The van der Waals surface area contributed by atoms with Gasteiger partial charge in [0.05, 0.1) is 29.7 Å². The van der Waals surface area contributed by atoms with Gasteiger partial charge in [0.25, 0.3) is 0 Å². The maximum Gasteiger partial charge on any atom is 0.315 e. The smallest absolute Gasteiger partial charge is 0.315 e. The third-order valence-electron chi connectivity index (χ3n) is 4.91. The predicted octanol–water partition coefficient (Wildman–Crippen LogP) is 4.62. The number of rotatable bonds is 8. The molecule has 3 rings (SSSR count). The first kappa shape index (κ1) is 21.7. The lowest BCUT2D eigenvalue weighted by Crippen LogP contribution is -2.23. The highest BCUT2D eigenvalue weighted by molar-refractivity contribution is 6.00. The van der Waals surface area contributed by atoms with Crippen LogP contribution in [0.2, 0.25) is 0 Å². The van der Waals surface area contributed by atoms with E-state index in [0.29, 0.717) is 11.4 Å². The Morgan fingerprint density at radius 3 is 2.47 bits per heavy atom. The molecule has 5 nitrogen and oxygen atoms in total. The normalized spacial score (nSPS) is 13.4. The van der Waals surface area contributed by atoms with Gasteiger partial charge in [-0.25, -0.2) is 4.39 Å². The van der Waals surface area contributed by atoms with Crippen molar-refractivity contribution in [1.29, 1.82) is 0 Å². The van der Waals surface area contributed by atoms with Crippen LogP contribution in [0, 0.1) is 5.82 Å². The van der Waals surface area contributed by atoms with Crippen LogP contribution < -0.4 is 4.74 Å². The molecule has 3 aromatic rings. The topological polar surface area (TPSA) is 71.7 Å². The van der Waals surface area contributed by atoms with E-state index in [1.165, 1.54) is 18.2 Å². The highest BCUT2D eigenvalue weighted by Gasteiger charge is 2.25. The summed E-state index contributed by atoms with van der Waals surface area (Å²) in [5, 5.41) is 20.5. The quantitative estimate of drug-likeness (QED) is 0.419. The van der Waals surface area contributed by atoms with E-state index in [-0.39, 0.29) is 24.7 Å². The second-order valence-electron chi connectivity index (χ2n) is 7.54. The molecule has 0 unspecified atom stereocenters. The molecule has 0 spiro atoms. The number of esters is 1. The van der Waals surface area contributed by atoms with Gasteiger partial charge in [-0.15, -0.1) is 6.58 Å². The van der Waals surface area contributed by atoms with Crippen LogP contribution >= 0.6 is 0 Å². The second-order valence-corrected chi connectivity index (χ2v) is 7.54. The van der Waals surface area contributed by atoms with Crippen molar-refractivity contribution in [2.45, 2.75) is 44.9 Å². The first-order chi connectivity index (χ1) is 14.3. The minimum absolute atomic E-state index is 0.00339. The molecular weight excluding hydrogens is 385 g/mol. The van der Waals surface area contributed by atoms with Gasteiger partial charge < -0.3 is 19.5 Å². The fourth-order valence-corrected chi connectivity index (χ4v) is 3.55. The SMILES string of the molecule is C=C[C@H](O)C[C@H](O)CC(=O)Oc1c(-c2ccc(F)cc2)c2ccccc2n1C(C)C. The van der Waals surface area contributed by atoms with Gasteiger partial charge in [-0.2, -0.15) is 0 Å². The van der Waals surface area contributed by atoms with Gasteiger partial charge in [-0.1, -0.05) is 36.4 Å². The third-order valence-corrected chi connectivity index (χ3v) is 4.91. The zero-order valence-corrected chi connectivity index (χ0v) is 17.1. The monoisotopic (exact) mass is 411 g/mol. The number of nitrogens with zero attached hydrogens (tertiary/aromatic N) is 1. The molecule has 30 heavy (non-hydrogen) atoms. The molecule has 0 fully saturated rings. The average molecular weight is 411 g/mol. The first-order valence-corrected chi connectivity index (χ1v) is 9.90. The Morgan fingerprint density at radius 1 is 1.17 bits per heavy atom. The van der Waals surface area contributed by atoms with Crippen LogP contribution in [0.3, 0.4) is 0 Å². The molecule has 1 aromatic heterocycles. The molecule has 0 amide bonds. The number of ether oxygens (including phenoxy) is 1. The number of aliphatic hydroxyl groups excluding tert-OH is 2. The van der Waals surface area contributed by atoms with Crippen molar-refractivity contribution in [3.63, 3.8) is 0 Å². The highest BCUT2D eigenvalue weighted by Crippen LogP contribution is 2.42. The number of carbonyl (C=O) groups is 1. The van der Waals surface area contributed by atoms with E-state index in [2.05, 4.69) is 6.58 Å². The maximum absolute atomic E-state index is 13.5. The van der Waals surface area contributed by atoms with Gasteiger partial charge in [-0.05, 0) is 37.6 Å². The summed E-state index contributed by atoms with van der Waals surface area (Å²) in [6.07, 6.45) is -0.928. The highest BCUT2D eigenvalue weighted by atomic mass is 19.1. The number of carbonyl (C=O) groups excluding carboxylic acids is 1. The molecule has 0 radical (unpaired) electrons. The number of fused-ring (bicyclic) bond motifs is 1. The van der Waals surface area contributed by atoms with E-state index < -0.39 is 18.2 Å². The van der Waals surface area contributed by atoms with Gasteiger partial charge >= 0.3 is 5.97 Å². The van der Waals surface area contributed by atoms with Crippen molar-refractivity contribution in [3.05, 3.63) is 67.0 Å². The molecule has 0 bridgehead atoms. The summed E-state index contributed by atoms with van der Waals surface area (Å²) in [6, 6.07) is 13.7. The Bertz CT molecular complexity index is 1040. The summed E-state index contributed by atoms with van der Waals surface area (Å²) >= 11 is 0. The van der Waals surface area contributed by atoms with Crippen molar-refractivity contribution in [2.24, 2.45) is 0 Å². The Balaban J connectivity index is 2.05. The number of benzene rings is 2. The van der Waals surface area contributed by atoms with E-state index in [0.717, 1.165) is 16.5 Å². The predicted molar refractivity (Wildman–Crippen MR) is 115 cm³/mol. The van der Waals surface area contributed by atoms with Gasteiger partial charge in [0.15, 0.2) is 0 Å². The van der Waals surface area contributed by atoms with E-state index in [4.69, 9.17) is 4.74 Å². The Morgan fingerprint density at radius 2 is 1.83 bits per heavy atom. The molecule has 0 aliphatic rings. The summed E-state index contributed by atoms with van der Waals surface area (Å²) in [7, 11) is 0. The molecular formula is C24H26FNO4. The van der Waals surface area contributed by atoms with Crippen molar-refractivity contribution < 1.29 is 24.1 Å². The zero-order chi connectivity index (χ0) is 21.8. The number of halogens is 1. The van der Waals surface area contributed by atoms with E-state index in [1.807, 2.05) is 42.7 Å². The molecule has 0 saturated carbocycles. The third kappa shape index (κ3) is 4.61. The molecule has 158 valence electrons. The van der Waals surface area contributed by atoms with Crippen molar-refractivity contribution >= 4 is 16.9 Å². The lowest BCUT2D eigenvalue weighted by Gasteiger charge is -2.17. The Kier molecular flexibility index (Phi) is 6.70. The molecule has 2 atom stereocenters. The van der Waals surface area contributed by atoms with Crippen LogP contribution in [-0.4, -0.2) is 33.0 Å². The fourth-order valence-electron chi connectivity index (χ4n) is 3.55. The summed E-state index contributed by atoms with van der Waals surface area (Å²) in [5.41, 5.74) is 2.29. The van der Waals surface area contributed by atoms with Crippen molar-refractivity contribution in [2.75, 3.05) is 0 Å². The van der Waals surface area contributed by atoms with E-state index in [1.54, 1.807) is 12.1 Å².